The van der Waals surface area contributed by atoms with Gasteiger partial charge in [-0.3, -0.25) is 0 Å². The molecule has 0 aliphatic carbocycles. The molecule has 6 nitrogen and oxygen atoms in total. The molecular formula is C13H18O6. The second-order valence-electron chi connectivity index (χ2n) is 4.77. The Hall–Kier alpha value is -1.02. The zero-order valence-electron chi connectivity index (χ0n) is 10.3. The molecule has 1 saturated heterocycles. The molecule has 1 fully saturated rings. The van der Waals surface area contributed by atoms with Crippen LogP contribution in [0.25, 0.3) is 0 Å². The van der Waals surface area contributed by atoms with E-state index in [1.807, 2.05) is 0 Å². The van der Waals surface area contributed by atoms with E-state index in [1.165, 1.54) is 0 Å². The molecule has 0 aromatic heterocycles. The average molecular weight is 270 g/mol. The number of rotatable bonds is 3. The van der Waals surface area contributed by atoms with Crippen LogP contribution in [0.2, 0.25) is 0 Å². The van der Waals surface area contributed by atoms with E-state index in [-0.39, 0.29) is 6.42 Å². The van der Waals surface area contributed by atoms with Gasteiger partial charge in [-0.15, -0.1) is 0 Å². The first-order chi connectivity index (χ1) is 8.98. The van der Waals surface area contributed by atoms with Crippen LogP contribution in [0.4, 0.5) is 0 Å². The molecule has 0 spiro atoms. The Labute approximate surface area is 110 Å². The summed E-state index contributed by atoms with van der Waals surface area (Å²) in [6, 6.07) is 8.81. The van der Waals surface area contributed by atoms with Gasteiger partial charge in [-0.25, -0.2) is 0 Å². The third-order valence-corrected chi connectivity index (χ3v) is 3.35. The topological polar surface area (TPSA) is 110 Å². The molecule has 0 radical (unpaired) electrons. The van der Waals surface area contributed by atoms with Crippen LogP contribution in [0.1, 0.15) is 5.56 Å². The lowest BCUT2D eigenvalue weighted by molar-refractivity contribution is -0.348. The Morgan fingerprint density at radius 2 is 1.68 bits per heavy atom. The van der Waals surface area contributed by atoms with Crippen molar-refractivity contribution in [2.75, 3.05) is 6.61 Å². The maximum absolute atomic E-state index is 10.3. The molecule has 106 valence electrons. The molecule has 1 unspecified atom stereocenters. The van der Waals surface area contributed by atoms with Crippen LogP contribution in [0, 0.1) is 0 Å². The molecule has 2 rings (SSSR count). The summed E-state index contributed by atoms with van der Waals surface area (Å²) in [6.07, 6.45) is -5.90. The van der Waals surface area contributed by atoms with E-state index in [0.29, 0.717) is 5.56 Å². The van der Waals surface area contributed by atoms with E-state index in [9.17, 15) is 20.4 Å². The SMILES string of the molecule is OC[C@H]1OC(O)(Cc2ccccc2)[C@@H](O)[C@@H](O)[C@@H]1O. The van der Waals surface area contributed by atoms with Crippen LogP contribution in [0.3, 0.4) is 0 Å². The van der Waals surface area contributed by atoms with E-state index in [4.69, 9.17) is 9.84 Å². The van der Waals surface area contributed by atoms with Gasteiger partial charge in [-0.1, -0.05) is 30.3 Å². The first kappa shape index (κ1) is 14.4. The highest BCUT2D eigenvalue weighted by atomic mass is 16.7. The number of hydrogen-bond donors (Lipinski definition) is 5. The van der Waals surface area contributed by atoms with Crippen molar-refractivity contribution in [3.8, 4) is 0 Å². The quantitative estimate of drug-likeness (QED) is 0.452. The van der Waals surface area contributed by atoms with Gasteiger partial charge in [-0.05, 0) is 5.56 Å². The summed E-state index contributed by atoms with van der Waals surface area (Å²) in [7, 11) is 0. The Bertz CT molecular complexity index is 409. The van der Waals surface area contributed by atoms with Crippen molar-refractivity contribution in [3.63, 3.8) is 0 Å². The van der Waals surface area contributed by atoms with Crippen LogP contribution >= 0.6 is 0 Å². The van der Waals surface area contributed by atoms with Crippen LogP contribution in [-0.4, -0.2) is 62.3 Å². The maximum atomic E-state index is 10.3. The summed E-state index contributed by atoms with van der Waals surface area (Å²) in [6.45, 7) is -0.567. The predicted octanol–water partition coefficient (Wildman–Crippen LogP) is -1.61. The minimum atomic E-state index is -2.05. The molecule has 0 amide bonds. The minimum absolute atomic E-state index is 0.0602. The fourth-order valence-electron chi connectivity index (χ4n) is 2.25. The van der Waals surface area contributed by atoms with E-state index in [2.05, 4.69) is 0 Å². The third-order valence-electron chi connectivity index (χ3n) is 3.35. The lowest BCUT2D eigenvalue weighted by Crippen LogP contribution is -2.65. The molecule has 1 aromatic rings. The van der Waals surface area contributed by atoms with Crippen molar-refractivity contribution in [2.24, 2.45) is 0 Å². The highest BCUT2D eigenvalue weighted by Crippen LogP contribution is 2.30. The normalized spacial score (nSPS) is 39.2. The molecule has 1 aliphatic rings. The van der Waals surface area contributed by atoms with Gasteiger partial charge in [-0.2, -0.15) is 0 Å². The fraction of sp³-hybridized carbons (Fsp3) is 0.538. The smallest absolute Gasteiger partial charge is 0.199 e. The van der Waals surface area contributed by atoms with Gasteiger partial charge in [0, 0.05) is 6.42 Å². The second kappa shape index (κ2) is 5.54. The minimum Gasteiger partial charge on any atom is -0.394 e. The van der Waals surface area contributed by atoms with Crippen LogP contribution < -0.4 is 0 Å². The van der Waals surface area contributed by atoms with Crippen molar-refractivity contribution in [3.05, 3.63) is 35.9 Å². The Kier molecular flexibility index (Phi) is 4.19. The summed E-state index contributed by atoms with van der Waals surface area (Å²) in [5, 5.41) is 48.6. The van der Waals surface area contributed by atoms with Crippen molar-refractivity contribution in [1.29, 1.82) is 0 Å². The van der Waals surface area contributed by atoms with Crippen molar-refractivity contribution in [2.45, 2.75) is 36.6 Å². The van der Waals surface area contributed by atoms with Gasteiger partial charge in [0.2, 0.25) is 0 Å². The molecular weight excluding hydrogens is 252 g/mol. The van der Waals surface area contributed by atoms with Gasteiger partial charge < -0.3 is 30.3 Å². The largest absolute Gasteiger partial charge is 0.394 e. The first-order valence-electron chi connectivity index (χ1n) is 6.07. The first-order valence-corrected chi connectivity index (χ1v) is 6.07. The lowest BCUT2D eigenvalue weighted by Gasteiger charge is -2.45. The highest BCUT2D eigenvalue weighted by Gasteiger charge is 2.52. The standard InChI is InChI=1S/C13H18O6/c14-7-9-10(15)11(16)12(17)13(18,19-9)6-8-4-2-1-3-5-8/h1-5,9-12,14-18H,6-7H2/t9-,10-,11+,12+,13?/m1/s1. The van der Waals surface area contributed by atoms with Crippen LogP contribution in [-0.2, 0) is 11.2 Å². The van der Waals surface area contributed by atoms with Crippen molar-refractivity contribution < 1.29 is 30.3 Å². The number of benzene rings is 1. The number of ether oxygens (including phenoxy) is 1. The zero-order valence-corrected chi connectivity index (χ0v) is 10.3. The van der Waals surface area contributed by atoms with E-state index in [0.717, 1.165) is 0 Å². The lowest BCUT2D eigenvalue weighted by atomic mass is 9.89. The molecule has 1 aromatic carbocycles. The van der Waals surface area contributed by atoms with E-state index >= 15 is 0 Å². The van der Waals surface area contributed by atoms with Gasteiger partial charge in [0.05, 0.1) is 6.61 Å². The van der Waals surface area contributed by atoms with Gasteiger partial charge in [0.15, 0.2) is 5.79 Å². The summed E-state index contributed by atoms with van der Waals surface area (Å²) >= 11 is 0. The third kappa shape index (κ3) is 2.79. The fourth-order valence-corrected chi connectivity index (χ4v) is 2.25. The van der Waals surface area contributed by atoms with Crippen LogP contribution in [0.5, 0.6) is 0 Å². The molecule has 5 atom stereocenters. The van der Waals surface area contributed by atoms with Crippen molar-refractivity contribution >= 4 is 0 Å². The monoisotopic (exact) mass is 270 g/mol. The summed E-state index contributed by atoms with van der Waals surface area (Å²) in [5.74, 6) is -2.05. The molecule has 19 heavy (non-hydrogen) atoms. The summed E-state index contributed by atoms with van der Waals surface area (Å²) < 4.78 is 5.17. The molecule has 0 saturated carbocycles. The number of hydrogen-bond acceptors (Lipinski definition) is 6. The highest BCUT2D eigenvalue weighted by molar-refractivity contribution is 5.17. The molecule has 5 N–H and O–H groups in total. The molecule has 6 heteroatoms. The van der Waals surface area contributed by atoms with E-state index in [1.54, 1.807) is 30.3 Å². The molecule has 1 heterocycles. The Morgan fingerprint density at radius 1 is 1.05 bits per heavy atom. The zero-order chi connectivity index (χ0) is 14.0. The van der Waals surface area contributed by atoms with Crippen LogP contribution in [0.15, 0.2) is 30.3 Å². The second-order valence-corrected chi connectivity index (χ2v) is 4.77. The summed E-state index contributed by atoms with van der Waals surface area (Å²) in [4.78, 5) is 0. The predicted molar refractivity (Wildman–Crippen MR) is 65.1 cm³/mol. The van der Waals surface area contributed by atoms with Gasteiger partial charge >= 0.3 is 0 Å². The van der Waals surface area contributed by atoms with E-state index < -0.39 is 36.8 Å². The van der Waals surface area contributed by atoms with Crippen molar-refractivity contribution in [1.82, 2.24) is 0 Å². The Morgan fingerprint density at radius 3 is 2.26 bits per heavy atom. The Balaban J connectivity index is 2.21. The number of aliphatic hydroxyl groups is 5. The molecule has 1 aliphatic heterocycles. The maximum Gasteiger partial charge on any atom is 0.199 e. The average Bonchev–Trinajstić information content (AvgIpc) is 2.42. The molecule has 0 bridgehead atoms. The number of aliphatic hydroxyl groups excluding tert-OH is 4. The van der Waals surface area contributed by atoms with Gasteiger partial charge in [0.25, 0.3) is 0 Å². The summed E-state index contributed by atoms with van der Waals surface area (Å²) in [5.41, 5.74) is 0.698. The van der Waals surface area contributed by atoms with Gasteiger partial charge in [0.1, 0.15) is 24.4 Å².